The number of aliphatic hydroxyl groups is 3. The molecule has 0 spiro atoms. The molecule has 3 unspecified atom stereocenters. The molecule has 0 rings (SSSR count). The molecule has 0 aliphatic carbocycles. The van der Waals surface area contributed by atoms with Crippen molar-refractivity contribution in [3.63, 3.8) is 0 Å². The van der Waals surface area contributed by atoms with Gasteiger partial charge in [-0.05, 0) is 50.9 Å². The van der Waals surface area contributed by atoms with E-state index in [9.17, 15) is 29.3 Å². The van der Waals surface area contributed by atoms with Crippen LogP contribution in [0, 0.1) is 5.92 Å². The highest BCUT2D eigenvalue weighted by atomic mass is 31.2. The predicted octanol–water partition coefficient (Wildman–Crippen LogP) is 12.7. The van der Waals surface area contributed by atoms with Crippen LogP contribution in [0.3, 0.4) is 0 Å². The van der Waals surface area contributed by atoms with Crippen LogP contribution in [-0.4, -0.2) is 76.9 Å². The molecule has 0 aromatic carbocycles. The van der Waals surface area contributed by atoms with Crippen LogP contribution < -0.4 is 0 Å². The van der Waals surface area contributed by atoms with E-state index in [0.29, 0.717) is 25.7 Å². The second kappa shape index (κ2) is 44.8. The molecule has 5 atom stereocenters. The Hall–Kier alpha value is -2.37. The van der Waals surface area contributed by atoms with Crippen molar-refractivity contribution in [2.75, 3.05) is 26.4 Å². The van der Waals surface area contributed by atoms with Gasteiger partial charge < -0.3 is 29.7 Å². The van der Waals surface area contributed by atoms with Crippen molar-refractivity contribution >= 4 is 19.8 Å². The lowest BCUT2D eigenvalue weighted by atomic mass is 9.99. The first kappa shape index (κ1) is 60.6. The Labute approximate surface area is 383 Å². The molecule has 63 heavy (non-hydrogen) atoms. The van der Waals surface area contributed by atoms with E-state index >= 15 is 0 Å². The van der Waals surface area contributed by atoms with E-state index in [2.05, 4.69) is 26.0 Å². The second-order valence-corrected chi connectivity index (χ2v) is 18.4. The summed E-state index contributed by atoms with van der Waals surface area (Å²) in [5.74, 6) is -0.124. The Morgan fingerprint density at radius 1 is 0.603 bits per heavy atom. The van der Waals surface area contributed by atoms with Gasteiger partial charge in [0, 0.05) is 12.8 Å². The van der Waals surface area contributed by atoms with Gasteiger partial charge in [-0.15, -0.1) is 0 Å². The second-order valence-electron chi connectivity index (χ2n) is 16.9. The summed E-state index contributed by atoms with van der Waals surface area (Å²) >= 11 is 0. The maximum absolute atomic E-state index is 12.6. The zero-order valence-electron chi connectivity index (χ0n) is 39.8. The van der Waals surface area contributed by atoms with Crippen LogP contribution in [0.1, 0.15) is 201 Å². The number of rotatable bonds is 45. The lowest BCUT2D eigenvalue weighted by molar-refractivity contribution is -0.161. The molecular weight excluding hydrogens is 820 g/mol. The van der Waals surface area contributed by atoms with Crippen molar-refractivity contribution in [3.05, 3.63) is 60.8 Å². The number of allylic oxidation sites excluding steroid dienone is 8. The van der Waals surface area contributed by atoms with Gasteiger partial charge in [0.2, 0.25) is 0 Å². The fourth-order valence-corrected chi connectivity index (χ4v) is 7.40. The van der Waals surface area contributed by atoms with E-state index in [0.717, 1.165) is 44.4 Å². The topological polar surface area (TPSA) is 169 Å². The summed E-state index contributed by atoms with van der Waals surface area (Å²) in [6.07, 6.45) is 46.8. The molecule has 0 radical (unpaired) electrons. The van der Waals surface area contributed by atoms with Crippen LogP contribution in [-0.2, 0) is 32.7 Å². The number of phosphoric acid groups is 1. The SMILES string of the molecule is CC/C=C\C(O)C/C=C/C=C\C/C=C\C/C=C\CCCC(=O)O[C@H](COC(=O)CCCCCCCCCCCCCCCCCCCCC(C)CC)COP(=O)(O)OC[C@@H](O)CO. The van der Waals surface area contributed by atoms with Crippen LogP contribution in [0.25, 0.3) is 0 Å². The largest absolute Gasteiger partial charge is 0.472 e. The molecule has 0 fully saturated rings. The van der Waals surface area contributed by atoms with E-state index in [4.69, 9.17) is 23.6 Å². The highest BCUT2D eigenvalue weighted by molar-refractivity contribution is 7.47. The van der Waals surface area contributed by atoms with Gasteiger partial charge in [-0.1, -0.05) is 204 Å². The molecule has 0 aliphatic heterocycles. The van der Waals surface area contributed by atoms with E-state index in [-0.39, 0.29) is 19.4 Å². The summed E-state index contributed by atoms with van der Waals surface area (Å²) in [6, 6.07) is 0. The van der Waals surface area contributed by atoms with Crippen molar-refractivity contribution in [1.82, 2.24) is 0 Å². The average molecular weight is 911 g/mol. The minimum Gasteiger partial charge on any atom is -0.462 e. The first-order chi connectivity index (χ1) is 30.5. The maximum Gasteiger partial charge on any atom is 0.472 e. The first-order valence-electron chi connectivity index (χ1n) is 24.7. The first-order valence-corrected chi connectivity index (χ1v) is 26.2. The summed E-state index contributed by atoms with van der Waals surface area (Å²) in [7, 11) is -4.65. The lowest BCUT2D eigenvalue weighted by Crippen LogP contribution is -2.29. The number of carbonyl (C=O) groups is 2. The number of aliphatic hydroxyl groups excluding tert-OH is 3. The highest BCUT2D eigenvalue weighted by Gasteiger charge is 2.27. The third kappa shape index (κ3) is 44.6. The third-order valence-corrected chi connectivity index (χ3v) is 11.8. The van der Waals surface area contributed by atoms with Gasteiger partial charge >= 0.3 is 19.8 Å². The van der Waals surface area contributed by atoms with Crippen molar-refractivity contribution < 1.29 is 52.9 Å². The lowest BCUT2D eigenvalue weighted by Gasteiger charge is -2.20. The molecule has 0 amide bonds. The number of hydrogen-bond donors (Lipinski definition) is 4. The summed E-state index contributed by atoms with van der Waals surface area (Å²) in [5.41, 5.74) is 0. The minimum atomic E-state index is -4.65. The minimum absolute atomic E-state index is 0.0872. The Kier molecular flexibility index (Phi) is 43.1. The quantitative estimate of drug-likeness (QED) is 0.0151. The molecule has 0 saturated heterocycles. The van der Waals surface area contributed by atoms with Gasteiger partial charge in [-0.3, -0.25) is 18.6 Å². The van der Waals surface area contributed by atoms with Crippen LogP contribution >= 0.6 is 7.82 Å². The Morgan fingerprint density at radius 3 is 1.68 bits per heavy atom. The van der Waals surface area contributed by atoms with Crippen molar-refractivity contribution in [2.45, 2.75) is 219 Å². The van der Waals surface area contributed by atoms with Gasteiger partial charge in [0.05, 0.1) is 25.9 Å². The van der Waals surface area contributed by atoms with E-state index in [1.54, 1.807) is 6.08 Å². The fraction of sp³-hybridized carbons (Fsp3) is 0.765. The molecule has 4 N–H and O–H groups in total. The number of carbonyl (C=O) groups excluding carboxylic acids is 2. The predicted molar refractivity (Wildman–Crippen MR) is 257 cm³/mol. The third-order valence-electron chi connectivity index (χ3n) is 10.8. The molecule has 11 nitrogen and oxygen atoms in total. The average Bonchev–Trinajstić information content (AvgIpc) is 3.27. The summed E-state index contributed by atoms with van der Waals surface area (Å²) in [5, 5.41) is 28.2. The van der Waals surface area contributed by atoms with Crippen LogP contribution in [0.4, 0.5) is 0 Å². The van der Waals surface area contributed by atoms with Crippen LogP contribution in [0.5, 0.6) is 0 Å². The van der Waals surface area contributed by atoms with Gasteiger partial charge in [0.15, 0.2) is 6.10 Å². The maximum atomic E-state index is 12.6. The number of unbranched alkanes of at least 4 members (excludes halogenated alkanes) is 18. The molecule has 0 bridgehead atoms. The summed E-state index contributed by atoms with van der Waals surface area (Å²) < 4.78 is 32.7. The smallest absolute Gasteiger partial charge is 0.462 e. The van der Waals surface area contributed by atoms with Crippen molar-refractivity contribution in [2.24, 2.45) is 5.92 Å². The van der Waals surface area contributed by atoms with E-state index in [1.807, 2.05) is 49.5 Å². The molecular formula is C51H91O11P. The Morgan fingerprint density at radius 2 is 1.11 bits per heavy atom. The van der Waals surface area contributed by atoms with Crippen LogP contribution in [0.15, 0.2) is 60.8 Å². The van der Waals surface area contributed by atoms with Crippen molar-refractivity contribution in [1.29, 1.82) is 0 Å². The normalized spacial score (nSPS) is 15.2. The number of esters is 2. The molecule has 0 saturated carbocycles. The van der Waals surface area contributed by atoms with Crippen LogP contribution in [0.2, 0.25) is 0 Å². The number of hydrogen-bond acceptors (Lipinski definition) is 10. The van der Waals surface area contributed by atoms with E-state index < -0.39 is 57.9 Å². The number of phosphoric ester groups is 1. The van der Waals surface area contributed by atoms with Crippen molar-refractivity contribution in [3.8, 4) is 0 Å². The molecule has 0 aromatic heterocycles. The summed E-state index contributed by atoms with van der Waals surface area (Å²) in [4.78, 5) is 35.1. The highest BCUT2D eigenvalue weighted by Crippen LogP contribution is 2.43. The molecule has 0 heterocycles. The molecule has 0 aromatic rings. The van der Waals surface area contributed by atoms with E-state index in [1.165, 1.54) is 103 Å². The molecule has 366 valence electrons. The Balaban J connectivity index is 4.28. The van der Waals surface area contributed by atoms with Gasteiger partial charge in [-0.25, -0.2) is 4.57 Å². The summed E-state index contributed by atoms with van der Waals surface area (Å²) in [6.45, 7) is 4.47. The number of ether oxygens (including phenoxy) is 2. The fourth-order valence-electron chi connectivity index (χ4n) is 6.61. The van der Waals surface area contributed by atoms with Gasteiger partial charge in [0.1, 0.15) is 12.7 Å². The zero-order valence-corrected chi connectivity index (χ0v) is 40.7. The molecule has 12 heteroatoms. The molecule has 0 aliphatic rings. The van der Waals surface area contributed by atoms with Gasteiger partial charge in [0.25, 0.3) is 0 Å². The zero-order chi connectivity index (χ0) is 46.5. The monoisotopic (exact) mass is 911 g/mol. The Bertz CT molecular complexity index is 1260. The standard InChI is InChI=1S/C51H91O11P/c1-4-6-38-47(53)39-34-30-26-22-18-15-16-20-24-28-32-36-41-51(56)62-49(45-61-63(57,58)60-43-48(54)42-52)44-59-50(55)40-35-31-27-23-19-14-12-10-8-7-9-11-13-17-21-25-29-33-37-46(3)5-2/h6,15-16,22,24,26,28,30,34,38,46-49,52-54H,4-5,7-14,17-21,23,25,27,29,31-33,35-37,39-45H2,1-3H3,(H,57,58)/b16-15-,26-22-,28-24-,34-30+,38-6-/t46?,47?,48-,49+/m0/s1. The van der Waals surface area contributed by atoms with Gasteiger partial charge in [-0.2, -0.15) is 0 Å².